The molecule has 5 nitrogen and oxygen atoms in total. The van der Waals surface area contributed by atoms with Gasteiger partial charge < -0.3 is 19.9 Å². The van der Waals surface area contributed by atoms with Crippen LogP contribution in [0.5, 0.6) is 5.75 Å². The molecule has 3 rings (SSSR count). The normalized spacial score (nSPS) is 16.1. The Balaban J connectivity index is 1.71. The highest BCUT2D eigenvalue weighted by molar-refractivity contribution is 6.31. The number of amides is 1. The largest absolute Gasteiger partial charge is 0.481 e. The summed E-state index contributed by atoms with van der Waals surface area (Å²) in [6, 6.07) is 12.5. The third kappa shape index (κ3) is 5.28. The third-order valence-electron chi connectivity index (χ3n) is 4.56. The number of halogens is 2. The lowest BCUT2D eigenvalue weighted by molar-refractivity contribution is -0.122. The Bertz CT molecular complexity index is 790. The number of nitrogens with one attached hydrogen (secondary N) is 1. The SMILES string of the molecule is CC(Oc1ccc(Cl)cc1)C(=O)Nc1cc(Cl)ccc1N1CCN(C)CC1. The van der Waals surface area contributed by atoms with Gasteiger partial charge in [0.15, 0.2) is 6.10 Å². The molecule has 0 spiro atoms. The summed E-state index contributed by atoms with van der Waals surface area (Å²) < 4.78 is 5.71. The first kappa shape index (κ1) is 19.8. The van der Waals surface area contributed by atoms with E-state index in [1.807, 2.05) is 12.1 Å². The van der Waals surface area contributed by atoms with E-state index in [-0.39, 0.29) is 5.91 Å². The number of likely N-dealkylation sites (N-methyl/N-ethyl adjacent to an activating group) is 1. The van der Waals surface area contributed by atoms with Gasteiger partial charge in [-0.25, -0.2) is 0 Å². The number of anilines is 2. The van der Waals surface area contributed by atoms with Crippen LogP contribution in [0.4, 0.5) is 11.4 Å². The molecule has 1 atom stereocenters. The number of nitrogens with zero attached hydrogens (tertiary/aromatic N) is 2. The Kier molecular flexibility index (Phi) is 6.47. The number of carbonyl (C=O) groups is 1. The molecule has 1 amide bonds. The molecule has 2 aromatic rings. The Morgan fingerprint density at radius 1 is 1.04 bits per heavy atom. The number of ether oxygens (including phenoxy) is 1. The number of hydrogen-bond donors (Lipinski definition) is 1. The second-order valence-corrected chi connectivity index (χ2v) is 7.53. The first-order valence-electron chi connectivity index (χ1n) is 8.88. The average Bonchev–Trinajstić information content (AvgIpc) is 2.64. The highest BCUT2D eigenvalue weighted by Gasteiger charge is 2.21. The Hall–Kier alpha value is -1.95. The first-order valence-corrected chi connectivity index (χ1v) is 9.64. The summed E-state index contributed by atoms with van der Waals surface area (Å²) in [6.45, 7) is 5.47. The minimum atomic E-state index is -0.662. The fraction of sp³-hybridized carbons (Fsp3) is 0.350. The quantitative estimate of drug-likeness (QED) is 0.808. The van der Waals surface area contributed by atoms with Gasteiger partial charge in [0.25, 0.3) is 5.91 Å². The molecule has 1 unspecified atom stereocenters. The Labute approximate surface area is 169 Å². The fourth-order valence-electron chi connectivity index (χ4n) is 2.94. The van der Waals surface area contributed by atoms with Crippen LogP contribution >= 0.6 is 23.2 Å². The molecule has 1 aliphatic rings. The molecule has 144 valence electrons. The minimum Gasteiger partial charge on any atom is -0.481 e. The molecule has 0 aliphatic carbocycles. The van der Waals surface area contributed by atoms with Gasteiger partial charge in [-0.1, -0.05) is 23.2 Å². The van der Waals surface area contributed by atoms with Crippen molar-refractivity contribution in [3.05, 3.63) is 52.5 Å². The molecule has 1 heterocycles. The van der Waals surface area contributed by atoms with E-state index in [1.165, 1.54) is 0 Å². The summed E-state index contributed by atoms with van der Waals surface area (Å²) in [7, 11) is 2.11. The van der Waals surface area contributed by atoms with Gasteiger partial charge in [0.05, 0.1) is 11.4 Å². The molecule has 1 N–H and O–H groups in total. The smallest absolute Gasteiger partial charge is 0.265 e. The fourth-order valence-corrected chi connectivity index (χ4v) is 3.23. The predicted molar refractivity (Wildman–Crippen MR) is 111 cm³/mol. The molecule has 27 heavy (non-hydrogen) atoms. The van der Waals surface area contributed by atoms with Crippen LogP contribution in [0.25, 0.3) is 0 Å². The van der Waals surface area contributed by atoms with Crippen LogP contribution in [0, 0.1) is 0 Å². The maximum Gasteiger partial charge on any atom is 0.265 e. The zero-order valence-electron chi connectivity index (χ0n) is 15.4. The molecular formula is C20H23Cl2N3O2. The van der Waals surface area contributed by atoms with E-state index < -0.39 is 6.10 Å². The number of benzene rings is 2. The lowest BCUT2D eigenvalue weighted by Crippen LogP contribution is -2.44. The van der Waals surface area contributed by atoms with E-state index in [4.69, 9.17) is 27.9 Å². The van der Waals surface area contributed by atoms with Crippen molar-refractivity contribution in [2.45, 2.75) is 13.0 Å². The van der Waals surface area contributed by atoms with Gasteiger partial charge in [0.1, 0.15) is 5.75 Å². The van der Waals surface area contributed by atoms with Crippen molar-refractivity contribution in [1.82, 2.24) is 4.90 Å². The number of piperazine rings is 1. The maximum absolute atomic E-state index is 12.7. The maximum atomic E-state index is 12.7. The van der Waals surface area contributed by atoms with Crippen molar-refractivity contribution in [2.75, 3.05) is 43.4 Å². The lowest BCUT2D eigenvalue weighted by Gasteiger charge is -2.35. The van der Waals surface area contributed by atoms with Gasteiger partial charge in [0, 0.05) is 36.2 Å². The highest BCUT2D eigenvalue weighted by atomic mass is 35.5. The standard InChI is InChI=1S/C20H23Cl2N3O2/c1-14(27-17-6-3-15(21)4-7-17)20(26)23-18-13-16(22)5-8-19(18)25-11-9-24(2)10-12-25/h3-8,13-14H,9-12H2,1-2H3,(H,23,26). The van der Waals surface area contributed by atoms with Crippen molar-refractivity contribution >= 4 is 40.5 Å². The van der Waals surface area contributed by atoms with Crippen molar-refractivity contribution in [1.29, 1.82) is 0 Å². The molecule has 1 saturated heterocycles. The van der Waals surface area contributed by atoms with E-state index >= 15 is 0 Å². The molecule has 0 saturated carbocycles. The molecular weight excluding hydrogens is 385 g/mol. The lowest BCUT2D eigenvalue weighted by atomic mass is 10.2. The van der Waals surface area contributed by atoms with Crippen molar-refractivity contribution < 1.29 is 9.53 Å². The summed E-state index contributed by atoms with van der Waals surface area (Å²) in [5.74, 6) is 0.357. The van der Waals surface area contributed by atoms with Crippen LogP contribution in [-0.2, 0) is 4.79 Å². The third-order valence-corrected chi connectivity index (χ3v) is 5.04. The molecule has 2 aromatic carbocycles. The van der Waals surface area contributed by atoms with Crippen LogP contribution in [0.3, 0.4) is 0 Å². The van der Waals surface area contributed by atoms with Crippen LogP contribution in [-0.4, -0.2) is 50.1 Å². The number of carbonyl (C=O) groups excluding carboxylic acids is 1. The van der Waals surface area contributed by atoms with E-state index in [1.54, 1.807) is 37.3 Å². The second kappa shape index (κ2) is 8.83. The van der Waals surface area contributed by atoms with Crippen molar-refractivity contribution in [3.63, 3.8) is 0 Å². The summed E-state index contributed by atoms with van der Waals surface area (Å²) in [5.41, 5.74) is 1.67. The van der Waals surface area contributed by atoms with Gasteiger partial charge in [-0.2, -0.15) is 0 Å². The van der Waals surface area contributed by atoms with Crippen LogP contribution in [0.1, 0.15) is 6.92 Å². The Morgan fingerprint density at radius 3 is 2.33 bits per heavy atom. The van der Waals surface area contributed by atoms with Gasteiger partial charge in [-0.15, -0.1) is 0 Å². The molecule has 1 aliphatic heterocycles. The number of rotatable bonds is 5. The van der Waals surface area contributed by atoms with Crippen LogP contribution < -0.4 is 15.0 Å². The second-order valence-electron chi connectivity index (χ2n) is 6.66. The molecule has 1 fully saturated rings. The molecule has 0 bridgehead atoms. The van der Waals surface area contributed by atoms with Crippen LogP contribution in [0.15, 0.2) is 42.5 Å². The topological polar surface area (TPSA) is 44.8 Å². The monoisotopic (exact) mass is 407 g/mol. The zero-order chi connectivity index (χ0) is 19.4. The summed E-state index contributed by atoms with van der Waals surface area (Å²) in [4.78, 5) is 17.2. The van der Waals surface area contributed by atoms with Gasteiger partial charge in [0.2, 0.25) is 0 Å². The van der Waals surface area contributed by atoms with Gasteiger partial charge in [-0.3, -0.25) is 4.79 Å². The van der Waals surface area contributed by atoms with E-state index in [9.17, 15) is 4.79 Å². The summed E-state index contributed by atoms with van der Waals surface area (Å²) in [6.07, 6.45) is -0.662. The van der Waals surface area contributed by atoms with E-state index in [2.05, 4.69) is 22.2 Å². The minimum absolute atomic E-state index is 0.234. The summed E-state index contributed by atoms with van der Waals surface area (Å²) in [5, 5.41) is 4.16. The first-order chi connectivity index (χ1) is 12.9. The van der Waals surface area contributed by atoms with Crippen molar-refractivity contribution in [3.8, 4) is 5.75 Å². The van der Waals surface area contributed by atoms with Gasteiger partial charge >= 0.3 is 0 Å². The van der Waals surface area contributed by atoms with Gasteiger partial charge in [-0.05, 0) is 56.4 Å². The van der Waals surface area contributed by atoms with Crippen molar-refractivity contribution in [2.24, 2.45) is 0 Å². The molecule has 7 heteroatoms. The average molecular weight is 408 g/mol. The molecule has 0 aromatic heterocycles. The zero-order valence-corrected chi connectivity index (χ0v) is 16.9. The van der Waals surface area contributed by atoms with E-state index in [0.29, 0.717) is 21.5 Å². The van der Waals surface area contributed by atoms with Crippen LogP contribution in [0.2, 0.25) is 10.0 Å². The molecule has 0 radical (unpaired) electrons. The van der Waals surface area contributed by atoms with E-state index in [0.717, 1.165) is 31.9 Å². The number of hydrogen-bond acceptors (Lipinski definition) is 4. The Morgan fingerprint density at radius 2 is 1.67 bits per heavy atom. The predicted octanol–water partition coefficient (Wildman–Crippen LogP) is 4.15. The highest BCUT2D eigenvalue weighted by Crippen LogP contribution is 2.30. The summed E-state index contributed by atoms with van der Waals surface area (Å²) >= 11 is 12.0.